The van der Waals surface area contributed by atoms with E-state index in [9.17, 15) is 0 Å². The molecule has 4 N–H and O–H groups in total. The van der Waals surface area contributed by atoms with Crippen LogP contribution in [0.25, 0.3) is 0 Å². The van der Waals surface area contributed by atoms with Crippen LogP contribution in [0, 0.1) is 5.92 Å². The molecule has 0 spiro atoms. The van der Waals surface area contributed by atoms with E-state index in [2.05, 4.69) is 34.5 Å². The van der Waals surface area contributed by atoms with E-state index in [4.69, 9.17) is 5.84 Å². The van der Waals surface area contributed by atoms with Crippen molar-refractivity contribution in [1.29, 1.82) is 0 Å². The van der Waals surface area contributed by atoms with Crippen molar-refractivity contribution in [3.05, 3.63) is 0 Å². The first-order chi connectivity index (χ1) is 8.19. The first kappa shape index (κ1) is 12.6. The zero-order chi connectivity index (χ0) is 12.3. The van der Waals surface area contributed by atoms with Crippen LogP contribution in [-0.2, 0) is 0 Å². The van der Waals surface area contributed by atoms with Gasteiger partial charge in [0.25, 0.3) is 0 Å². The third-order valence-corrected chi connectivity index (χ3v) is 3.61. The summed E-state index contributed by atoms with van der Waals surface area (Å²) in [5, 5.41) is 3.30. The lowest BCUT2D eigenvalue weighted by molar-refractivity contribution is 0.266. The molecule has 0 radical (unpaired) electrons. The number of hydrogen-bond acceptors (Lipinski definition) is 3. The maximum absolute atomic E-state index is 5.46. The second-order valence-corrected chi connectivity index (χ2v) is 5.50. The van der Waals surface area contributed by atoms with Crippen LogP contribution < -0.4 is 16.6 Å². The van der Waals surface area contributed by atoms with Crippen molar-refractivity contribution in [3.63, 3.8) is 0 Å². The first-order valence-corrected chi connectivity index (χ1v) is 6.70. The van der Waals surface area contributed by atoms with Crippen LogP contribution >= 0.6 is 0 Å². The number of hydrogen-bond donors (Lipinski definition) is 3. The molecule has 1 aliphatic heterocycles. The Bertz CT molecular complexity index is 272. The average Bonchev–Trinajstić information content (AvgIpc) is 2.99. The van der Waals surface area contributed by atoms with E-state index in [1.165, 1.54) is 32.4 Å². The summed E-state index contributed by atoms with van der Waals surface area (Å²) < 4.78 is 0. The third kappa shape index (κ3) is 3.85. The van der Waals surface area contributed by atoms with Crippen molar-refractivity contribution in [2.24, 2.45) is 16.8 Å². The van der Waals surface area contributed by atoms with Gasteiger partial charge in [0.05, 0.1) is 0 Å². The van der Waals surface area contributed by atoms with Crippen molar-refractivity contribution in [2.45, 2.75) is 45.2 Å². The maximum Gasteiger partial charge on any atom is 0.205 e. The number of nitrogens with one attached hydrogen (secondary N) is 2. The van der Waals surface area contributed by atoms with Crippen LogP contribution in [0.2, 0.25) is 0 Å². The number of nitrogens with two attached hydrogens (primary N) is 1. The molecule has 2 aliphatic rings. The SMILES string of the molecule is CC(C)N1CCC(CN=C(NN)NC2CC2)C1. The topological polar surface area (TPSA) is 65.7 Å². The molecule has 1 heterocycles. The minimum Gasteiger partial charge on any atom is -0.353 e. The molecule has 1 atom stereocenters. The molecule has 2 fully saturated rings. The van der Waals surface area contributed by atoms with E-state index >= 15 is 0 Å². The summed E-state index contributed by atoms with van der Waals surface area (Å²) in [4.78, 5) is 7.06. The fraction of sp³-hybridized carbons (Fsp3) is 0.917. The molecule has 0 aromatic rings. The Morgan fingerprint density at radius 2 is 2.18 bits per heavy atom. The molecule has 1 saturated carbocycles. The highest BCUT2D eigenvalue weighted by molar-refractivity contribution is 5.79. The number of likely N-dealkylation sites (tertiary alicyclic amines) is 1. The van der Waals surface area contributed by atoms with Gasteiger partial charge < -0.3 is 10.2 Å². The molecule has 0 amide bonds. The van der Waals surface area contributed by atoms with Gasteiger partial charge in [0.15, 0.2) is 0 Å². The highest BCUT2D eigenvalue weighted by atomic mass is 15.3. The molecule has 0 aromatic carbocycles. The number of hydrazine groups is 1. The second kappa shape index (κ2) is 5.69. The zero-order valence-corrected chi connectivity index (χ0v) is 10.9. The molecular formula is C12H25N5. The minimum absolute atomic E-state index is 0.598. The van der Waals surface area contributed by atoms with Crippen molar-refractivity contribution >= 4 is 5.96 Å². The molecule has 1 saturated heterocycles. The molecule has 98 valence electrons. The Morgan fingerprint density at radius 1 is 1.41 bits per heavy atom. The van der Waals surface area contributed by atoms with Crippen molar-refractivity contribution in [2.75, 3.05) is 19.6 Å². The van der Waals surface area contributed by atoms with Gasteiger partial charge in [-0.3, -0.25) is 10.4 Å². The van der Waals surface area contributed by atoms with Gasteiger partial charge in [-0.1, -0.05) is 0 Å². The summed E-state index contributed by atoms with van der Waals surface area (Å²) in [5.41, 5.74) is 2.66. The van der Waals surface area contributed by atoms with Gasteiger partial charge in [0.2, 0.25) is 5.96 Å². The predicted octanol–water partition coefficient (Wildman–Crippen LogP) is 0.288. The van der Waals surface area contributed by atoms with Crippen molar-refractivity contribution in [3.8, 4) is 0 Å². The van der Waals surface area contributed by atoms with Crippen LogP contribution in [0.1, 0.15) is 33.1 Å². The summed E-state index contributed by atoms with van der Waals surface area (Å²) in [7, 11) is 0. The van der Waals surface area contributed by atoms with E-state index in [-0.39, 0.29) is 0 Å². The van der Waals surface area contributed by atoms with Gasteiger partial charge >= 0.3 is 0 Å². The Kier molecular flexibility index (Phi) is 4.23. The van der Waals surface area contributed by atoms with Gasteiger partial charge in [0.1, 0.15) is 0 Å². The molecule has 5 heteroatoms. The molecule has 17 heavy (non-hydrogen) atoms. The van der Waals surface area contributed by atoms with Gasteiger partial charge in [-0.15, -0.1) is 0 Å². The van der Waals surface area contributed by atoms with Gasteiger partial charge in [0, 0.05) is 25.2 Å². The van der Waals surface area contributed by atoms with E-state index in [0.29, 0.717) is 18.0 Å². The highest BCUT2D eigenvalue weighted by Gasteiger charge is 2.25. The Labute approximate surface area is 104 Å². The molecule has 5 nitrogen and oxygen atoms in total. The Hall–Kier alpha value is -0.810. The Morgan fingerprint density at radius 3 is 2.71 bits per heavy atom. The van der Waals surface area contributed by atoms with Crippen LogP contribution in [0.15, 0.2) is 4.99 Å². The lowest BCUT2D eigenvalue weighted by atomic mass is 10.1. The maximum atomic E-state index is 5.46. The van der Waals surface area contributed by atoms with Gasteiger partial charge in [-0.2, -0.15) is 0 Å². The number of nitrogens with zero attached hydrogens (tertiary/aromatic N) is 2. The van der Waals surface area contributed by atoms with E-state index in [1.54, 1.807) is 0 Å². The van der Waals surface area contributed by atoms with E-state index in [0.717, 1.165) is 12.5 Å². The normalized spacial score (nSPS) is 26.6. The third-order valence-electron chi connectivity index (χ3n) is 3.61. The van der Waals surface area contributed by atoms with Crippen LogP contribution in [0.5, 0.6) is 0 Å². The van der Waals surface area contributed by atoms with Crippen molar-refractivity contribution < 1.29 is 0 Å². The lowest BCUT2D eigenvalue weighted by Gasteiger charge is -2.19. The van der Waals surface area contributed by atoms with Crippen LogP contribution in [-0.4, -0.2) is 42.6 Å². The minimum atomic E-state index is 0.598. The van der Waals surface area contributed by atoms with Crippen LogP contribution in [0.4, 0.5) is 0 Å². The summed E-state index contributed by atoms with van der Waals surface area (Å²) in [6.07, 6.45) is 3.74. The molecule has 2 rings (SSSR count). The Balaban J connectivity index is 1.74. The number of rotatable bonds is 4. The molecule has 1 unspecified atom stereocenters. The molecule has 0 bridgehead atoms. The number of guanidine groups is 1. The highest BCUT2D eigenvalue weighted by Crippen LogP contribution is 2.19. The van der Waals surface area contributed by atoms with Crippen molar-refractivity contribution in [1.82, 2.24) is 15.6 Å². The standard InChI is InChI=1S/C12H25N5/c1-9(2)17-6-5-10(8-17)7-14-12(16-13)15-11-3-4-11/h9-11H,3-8,13H2,1-2H3,(H2,14,15,16). The first-order valence-electron chi connectivity index (χ1n) is 6.70. The molecule has 0 aromatic heterocycles. The fourth-order valence-corrected chi connectivity index (χ4v) is 2.26. The van der Waals surface area contributed by atoms with Gasteiger partial charge in [-0.25, -0.2) is 5.84 Å². The molecule has 1 aliphatic carbocycles. The average molecular weight is 239 g/mol. The summed E-state index contributed by atoms with van der Waals surface area (Å²) in [6.45, 7) is 7.77. The smallest absolute Gasteiger partial charge is 0.205 e. The van der Waals surface area contributed by atoms with E-state index < -0.39 is 0 Å². The summed E-state index contributed by atoms with van der Waals surface area (Å²) in [5.74, 6) is 6.90. The quantitative estimate of drug-likeness (QED) is 0.285. The predicted molar refractivity (Wildman–Crippen MR) is 70.6 cm³/mol. The second-order valence-electron chi connectivity index (χ2n) is 5.50. The summed E-state index contributed by atoms with van der Waals surface area (Å²) in [6, 6.07) is 1.25. The largest absolute Gasteiger partial charge is 0.353 e. The lowest BCUT2D eigenvalue weighted by Crippen LogP contribution is -2.43. The monoisotopic (exact) mass is 239 g/mol. The van der Waals surface area contributed by atoms with E-state index in [1.807, 2.05) is 0 Å². The van der Waals surface area contributed by atoms with Gasteiger partial charge in [-0.05, 0) is 45.6 Å². The van der Waals surface area contributed by atoms with Crippen LogP contribution in [0.3, 0.4) is 0 Å². The fourth-order valence-electron chi connectivity index (χ4n) is 2.26. The number of aliphatic imine (C=N–C) groups is 1. The molecular weight excluding hydrogens is 214 g/mol. The summed E-state index contributed by atoms with van der Waals surface area (Å²) >= 11 is 0. The zero-order valence-electron chi connectivity index (χ0n) is 10.9.